The molecule has 0 aliphatic carbocycles. The van der Waals surface area contributed by atoms with Gasteiger partial charge in [-0.2, -0.15) is 0 Å². The van der Waals surface area contributed by atoms with Crippen LogP contribution in [-0.4, -0.2) is 49.3 Å². The summed E-state index contributed by atoms with van der Waals surface area (Å²) >= 11 is 0. The molecule has 3 rings (SSSR count). The summed E-state index contributed by atoms with van der Waals surface area (Å²) in [6.07, 6.45) is 5.56. The van der Waals surface area contributed by atoms with E-state index >= 15 is 0 Å². The number of carbonyl (C=O) groups excluding carboxylic acids is 2. The average Bonchev–Trinajstić information content (AvgIpc) is 3.24. The Labute approximate surface area is 164 Å². The van der Waals surface area contributed by atoms with Gasteiger partial charge in [-0.1, -0.05) is 0 Å². The normalized spacial score (nSPS) is 15.6. The number of nitrogens with zero attached hydrogens (tertiary/aromatic N) is 1. The lowest BCUT2D eigenvalue weighted by Gasteiger charge is -2.11. The minimum atomic E-state index is -0.302. The molecule has 148 valence electrons. The summed E-state index contributed by atoms with van der Waals surface area (Å²) in [6, 6.07) is 10.2. The Kier molecular flexibility index (Phi) is 7.20. The average molecular weight is 383 g/mol. The van der Waals surface area contributed by atoms with Gasteiger partial charge in [0.2, 0.25) is 0 Å². The predicted octanol–water partition coefficient (Wildman–Crippen LogP) is 2.22. The van der Waals surface area contributed by atoms with Gasteiger partial charge in [-0.25, -0.2) is 4.79 Å². The summed E-state index contributed by atoms with van der Waals surface area (Å²) in [4.78, 5) is 28.1. The van der Waals surface area contributed by atoms with Crippen LogP contribution in [0.25, 0.3) is 0 Å². The summed E-state index contributed by atoms with van der Waals surface area (Å²) in [6.45, 7) is 2.34. The number of rotatable bonds is 8. The molecule has 4 N–H and O–H groups in total. The van der Waals surface area contributed by atoms with Crippen LogP contribution in [0.3, 0.4) is 0 Å². The van der Waals surface area contributed by atoms with Gasteiger partial charge >= 0.3 is 6.03 Å². The fraction of sp³-hybridized carbons (Fsp3) is 0.350. The predicted molar refractivity (Wildman–Crippen MR) is 107 cm³/mol. The molecule has 0 saturated carbocycles. The highest BCUT2D eigenvalue weighted by molar-refractivity contribution is 5.95. The number of benzene rings is 1. The lowest BCUT2D eigenvalue weighted by molar-refractivity contribution is 0.0858. The Morgan fingerprint density at radius 2 is 1.93 bits per heavy atom. The first-order chi connectivity index (χ1) is 13.7. The molecule has 1 aliphatic heterocycles. The van der Waals surface area contributed by atoms with E-state index in [-0.39, 0.29) is 18.0 Å². The van der Waals surface area contributed by atoms with Crippen LogP contribution in [-0.2, 0) is 4.74 Å². The van der Waals surface area contributed by atoms with Gasteiger partial charge in [0, 0.05) is 49.9 Å². The van der Waals surface area contributed by atoms with Gasteiger partial charge in [-0.15, -0.1) is 0 Å². The van der Waals surface area contributed by atoms with Crippen molar-refractivity contribution >= 4 is 23.3 Å². The smallest absolute Gasteiger partial charge is 0.319 e. The van der Waals surface area contributed by atoms with Gasteiger partial charge in [0.1, 0.15) is 0 Å². The van der Waals surface area contributed by atoms with Crippen LogP contribution in [0, 0.1) is 0 Å². The number of hydrogen-bond donors (Lipinski definition) is 4. The third-order valence-electron chi connectivity index (χ3n) is 4.32. The Morgan fingerprint density at radius 3 is 2.64 bits per heavy atom. The second-order valence-electron chi connectivity index (χ2n) is 6.47. The Bertz CT molecular complexity index is 761. The number of urea groups is 1. The van der Waals surface area contributed by atoms with E-state index in [4.69, 9.17) is 4.74 Å². The molecule has 0 radical (unpaired) electrons. The van der Waals surface area contributed by atoms with E-state index in [1.54, 1.807) is 36.7 Å². The van der Waals surface area contributed by atoms with Gasteiger partial charge < -0.3 is 26.0 Å². The largest absolute Gasteiger partial charge is 0.382 e. The SMILES string of the molecule is O=C(NCCNc1cccnc1)Nc1ccc(C(=O)NCC2CCCO2)cc1. The lowest BCUT2D eigenvalue weighted by Crippen LogP contribution is -2.33. The van der Waals surface area contributed by atoms with Crippen molar-refractivity contribution in [2.75, 3.05) is 36.9 Å². The van der Waals surface area contributed by atoms with Crippen LogP contribution >= 0.6 is 0 Å². The second-order valence-corrected chi connectivity index (χ2v) is 6.47. The van der Waals surface area contributed by atoms with E-state index in [0.29, 0.717) is 30.9 Å². The Hall–Kier alpha value is -3.13. The van der Waals surface area contributed by atoms with Crippen molar-refractivity contribution < 1.29 is 14.3 Å². The van der Waals surface area contributed by atoms with Crippen molar-refractivity contribution in [3.8, 4) is 0 Å². The number of anilines is 2. The van der Waals surface area contributed by atoms with Gasteiger partial charge in [0.25, 0.3) is 5.91 Å². The molecule has 0 bridgehead atoms. The fourth-order valence-electron chi connectivity index (χ4n) is 2.84. The van der Waals surface area contributed by atoms with Crippen LogP contribution in [0.2, 0.25) is 0 Å². The number of ether oxygens (including phenoxy) is 1. The Balaban J connectivity index is 1.35. The fourth-order valence-corrected chi connectivity index (χ4v) is 2.84. The summed E-state index contributed by atoms with van der Waals surface area (Å²) in [5.74, 6) is -0.145. The van der Waals surface area contributed by atoms with Gasteiger partial charge in [-0.3, -0.25) is 9.78 Å². The number of carbonyl (C=O) groups is 2. The van der Waals surface area contributed by atoms with Crippen molar-refractivity contribution in [1.82, 2.24) is 15.6 Å². The highest BCUT2D eigenvalue weighted by atomic mass is 16.5. The van der Waals surface area contributed by atoms with E-state index in [1.807, 2.05) is 12.1 Å². The minimum Gasteiger partial charge on any atom is -0.382 e. The molecule has 1 aromatic carbocycles. The molecule has 0 spiro atoms. The minimum absolute atomic E-state index is 0.112. The van der Waals surface area contributed by atoms with E-state index < -0.39 is 0 Å². The van der Waals surface area contributed by atoms with Crippen molar-refractivity contribution in [1.29, 1.82) is 0 Å². The zero-order valence-electron chi connectivity index (χ0n) is 15.6. The third-order valence-corrected chi connectivity index (χ3v) is 4.32. The lowest BCUT2D eigenvalue weighted by atomic mass is 10.2. The van der Waals surface area contributed by atoms with Gasteiger partial charge in [-0.05, 0) is 49.2 Å². The molecular formula is C20H25N5O3. The molecule has 2 heterocycles. The van der Waals surface area contributed by atoms with Crippen LogP contribution in [0.5, 0.6) is 0 Å². The standard InChI is InChI=1S/C20H25N5O3/c26-19(24-14-18-4-2-12-28-18)15-5-7-16(8-6-15)25-20(27)23-11-10-22-17-3-1-9-21-13-17/h1,3,5-9,13,18,22H,2,4,10-12,14H2,(H,24,26)(H2,23,25,27). The molecular weight excluding hydrogens is 358 g/mol. The third kappa shape index (κ3) is 6.24. The maximum Gasteiger partial charge on any atom is 0.319 e. The summed E-state index contributed by atoms with van der Waals surface area (Å²) in [5, 5.41) is 11.5. The first-order valence-corrected chi connectivity index (χ1v) is 9.39. The maximum absolute atomic E-state index is 12.1. The van der Waals surface area contributed by atoms with E-state index in [9.17, 15) is 9.59 Å². The van der Waals surface area contributed by atoms with Crippen molar-refractivity contribution in [3.63, 3.8) is 0 Å². The van der Waals surface area contributed by atoms with E-state index in [0.717, 1.165) is 25.1 Å². The highest BCUT2D eigenvalue weighted by Gasteiger charge is 2.16. The molecule has 1 unspecified atom stereocenters. The number of pyridine rings is 1. The van der Waals surface area contributed by atoms with Gasteiger partial charge in [0.05, 0.1) is 11.8 Å². The molecule has 1 atom stereocenters. The van der Waals surface area contributed by atoms with E-state index in [2.05, 4.69) is 26.3 Å². The van der Waals surface area contributed by atoms with Crippen LogP contribution in [0.1, 0.15) is 23.2 Å². The second kappa shape index (κ2) is 10.3. The molecule has 8 nitrogen and oxygen atoms in total. The molecule has 8 heteroatoms. The molecule has 1 aliphatic rings. The van der Waals surface area contributed by atoms with Crippen molar-refractivity contribution in [2.45, 2.75) is 18.9 Å². The molecule has 1 aromatic heterocycles. The number of amides is 3. The van der Waals surface area contributed by atoms with Crippen molar-refractivity contribution in [2.24, 2.45) is 0 Å². The van der Waals surface area contributed by atoms with E-state index in [1.165, 1.54) is 0 Å². The first-order valence-electron chi connectivity index (χ1n) is 9.39. The number of aromatic nitrogens is 1. The maximum atomic E-state index is 12.1. The molecule has 1 saturated heterocycles. The molecule has 2 aromatic rings. The van der Waals surface area contributed by atoms with Crippen LogP contribution < -0.4 is 21.3 Å². The zero-order valence-corrected chi connectivity index (χ0v) is 15.6. The quantitative estimate of drug-likeness (QED) is 0.523. The highest BCUT2D eigenvalue weighted by Crippen LogP contribution is 2.12. The first kappa shape index (κ1) is 19.6. The Morgan fingerprint density at radius 1 is 1.07 bits per heavy atom. The number of nitrogens with one attached hydrogen (secondary N) is 4. The number of hydrogen-bond acceptors (Lipinski definition) is 5. The van der Waals surface area contributed by atoms with Crippen LogP contribution in [0.15, 0.2) is 48.8 Å². The monoisotopic (exact) mass is 383 g/mol. The summed E-state index contributed by atoms with van der Waals surface area (Å²) in [5.41, 5.74) is 2.07. The summed E-state index contributed by atoms with van der Waals surface area (Å²) < 4.78 is 5.49. The van der Waals surface area contributed by atoms with Gasteiger partial charge in [0.15, 0.2) is 0 Å². The zero-order chi connectivity index (χ0) is 19.6. The molecule has 3 amide bonds. The topological polar surface area (TPSA) is 104 Å². The molecule has 28 heavy (non-hydrogen) atoms. The summed E-state index contributed by atoms with van der Waals surface area (Å²) in [7, 11) is 0. The van der Waals surface area contributed by atoms with Crippen molar-refractivity contribution in [3.05, 3.63) is 54.4 Å². The van der Waals surface area contributed by atoms with Crippen LogP contribution in [0.4, 0.5) is 16.2 Å². The molecule has 1 fully saturated rings.